The summed E-state index contributed by atoms with van der Waals surface area (Å²) < 4.78 is 0. The van der Waals surface area contributed by atoms with Gasteiger partial charge in [-0.2, -0.15) is 0 Å². The van der Waals surface area contributed by atoms with Crippen LogP contribution >= 0.6 is 11.6 Å². The van der Waals surface area contributed by atoms with Gasteiger partial charge in [0.15, 0.2) is 0 Å². The van der Waals surface area contributed by atoms with Crippen LogP contribution in [0.3, 0.4) is 0 Å². The fraction of sp³-hybridized carbons (Fsp3) is 0.417. The van der Waals surface area contributed by atoms with Crippen LogP contribution in [0.2, 0.25) is 5.02 Å². The first kappa shape index (κ1) is 13.8. The van der Waals surface area contributed by atoms with Gasteiger partial charge in [0, 0.05) is 6.54 Å². The van der Waals surface area contributed by atoms with Gasteiger partial charge >= 0.3 is 5.69 Å². The van der Waals surface area contributed by atoms with Crippen molar-refractivity contribution in [3.8, 4) is 0 Å². The number of nitro benzene ring substituents is 1. The zero-order chi connectivity index (χ0) is 14.0. The Balaban J connectivity index is 2.09. The van der Waals surface area contributed by atoms with Gasteiger partial charge in [-0.1, -0.05) is 17.7 Å². The zero-order valence-electron chi connectivity index (χ0n) is 10.0. The molecule has 0 heterocycles. The first-order valence-corrected chi connectivity index (χ1v) is 6.27. The molecule has 2 N–H and O–H groups in total. The second-order valence-electron chi connectivity index (χ2n) is 4.51. The molecule has 1 aliphatic rings. The van der Waals surface area contributed by atoms with Crippen molar-refractivity contribution < 1.29 is 14.8 Å². The summed E-state index contributed by atoms with van der Waals surface area (Å²) in [5, 5.41) is 22.9. The van der Waals surface area contributed by atoms with E-state index in [0.29, 0.717) is 0 Å². The number of hydrogen-bond donors (Lipinski definition) is 2. The lowest BCUT2D eigenvalue weighted by Crippen LogP contribution is -2.33. The van der Waals surface area contributed by atoms with E-state index in [2.05, 4.69) is 5.32 Å². The number of nitrogens with one attached hydrogen (secondary N) is 1. The number of para-hydroxylation sites is 1. The van der Waals surface area contributed by atoms with E-state index in [9.17, 15) is 20.0 Å². The fourth-order valence-corrected chi connectivity index (χ4v) is 2.07. The monoisotopic (exact) mass is 284 g/mol. The Hall–Kier alpha value is -1.66. The number of aliphatic hydroxyl groups excluding tert-OH is 1. The maximum absolute atomic E-state index is 11.9. The number of carbonyl (C=O) groups is 1. The average Bonchev–Trinajstić information content (AvgIpc) is 3.18. The van der Waals surface area contributed by atoms with Crippen LogP contribution in [0.1, 0.15) is 23.2 Å². The highest BCUT2D eigenvalue weighted by atomic mass is 35.5. The minimum absolute atomic E-state index is 0.0830. The lowest BCUT2D eigenvalue weighted by Gasteiger charge is -2.11. The van der Waals surface area contributed by atoms with Gasteiger partial charge in [-0.3, -0.25) is 14.9 Å². The van der Waals surface area contributed by atoms with Crippen LogP contribution < -0.4 is 5.32 Å². The minimum Gasteiger partial charge on any atom is -0.391 e. The number of rotatable bonds is 5. The van der Waals surface area contributed by atoms with Gasteiger partial charge in [-0.15, -0.1) is 0 Å². The smallest absolute Gasteiger partial charge is 0.300 e. The van der Waals surface area contributed by atoms with Crippen molar-refractivity contribution in [1.82, 2.24) is 5.32 Å². The molecule has 0 aliphatic heterocycles. The summed E-state index contributed by atoms with van der Waals surface area (Å²) in [6.07, 6.45) is 1.31. The lowest BCUT2D eigenvalue weighted by atomic mass is 10.1. The number of amides is 1. The van der Waals surface area contributed by atoms with Crippen LogP contribution in [0.15, 0.2) is 18.2 Å². The molecule has 1 aromatic carbocycles. The molecule has 1 unspecified atom stereocenters. The number of halogens is 1. The third kappa shape index (κ3) is 3.21. The summed E-state index contributed by atoms with van der Waals surface area (Å²) in [6, 6.07) is 4.17. The average molecular weight is 285 g/mol. The zero-order valence-corrected chi connectivity index (χ0v) is 10.8. The number of hydrogen-bond acceptors (Lipinski definition) is 4. The minimum atomic E-state index is -0.686. The van der Waals surface area contributed by atoms with E-state index in [4.69, 9.17) is 11.6 Å². The van der Waals surface area contributed by atoms with Gasteiger partial charge in [0.1, 0.15) is 10.6 Å². The van der Waals surface area contributed by atoms with Crippen molar-refractivity contribution >= 4 is 23.2 Å². The normalized spacial score (nSPS) is 15.9. The highest BCUT2D eigenvalue weighted by Gasteiger charge is 2.30. The maximum Gasteiger partial charge on any atom is 0.300 e. The number of carbonyl (C=O) groups excluding carboxylic acids is 1. The molecule has 1 aromatic rings. The fourth-order valence-electron chi connectivity index (χ4n) is 1.82. The first-order valence-electron chi connectivity index (χ1n) is 5.90. The van der Waals surface area contributed by atoms with Gasteiger partial charge in [-0.25, -0.2) is 0 Å². The number of aliphatic hydroxyl groups is 1. The lowest BCUT2D eigenvalue weighted by molar-refractivity contribution is -0.385. The van der Waals surface area contributed by atoms with E-state index in [1.807, 2.05) is 0 Å². The van der Waals surface area contributed by atoms with Crippen LogP contribution in [-0.4, -0.2) is 28.6 Å². The van der Waals surface area contributed by atoms with E-state index >= 15 is 0 Å². The van der Waals surface area contributed by atoms with Crippen LogP contribution in [0.25, 0.3) is 0 Å². The molecule has 19 heavy (non-hydrogen) atoms. The highest BCUT2D eigenvalue weighted by Crippen LogP contribution is 2.32. The quantitative estimate of drug-likeness (QED) is 0.636. The van der Waals surface area contributed by atoms with E-state index < -0.39 is 22.6 Å². The van der Waals surface area contributed by atoms with E-state index in [1.54, 1.807) is 0 Å². The Bertz CT molecular complexity index is 516. The molecule has 0 radical (unpaired) electrons. The van der Waals surface area contributed by atoms with Crippen molar-refractivity contribution in [3.05, 3.63) is 38.9 Å². The molecule has 1 atom stereocenters. The second-order valence-corrected chi connectivity index (χ2v) is 4.92. The summed E-state index contributed by atoms with van der Waals surface area (Å²) >= 11 is 5.72. The SMILES string of the molecule is O=C(NCC(O)C1CC1)c1cccc(Cl)c1[N+](=O)[O-]. The Labute approximate surface area is 114 Å². The standard InChI is InChI=1S/C12H13ClN2O4/c13-9-3-1-2-8(11(9)15(18)19)12(17)14-6-10(16)7-4-5-7/h1-3,7,10,16H,4-6H2,(H,14,17). The molecule has 102 valence electrons. The molecule has 0 spiro atoms. The number of nitrogens with zero attached hydrogens (tertiary/aromatic N) is 1. The Morgan fingerprint density at radius 2 is 2.26 bits per heavy atom. The van der Waals surface area contributed by atoms with Gasteiger partial charge in [0.2, 0.25) is 0 Å². The topological polar surface area (TPSA) is 92.5 Å². The number of nitro groups is 1. The predicted molar refractivity (Wildman–Crippen MR) is 69.2 cm³/mol. The predicted octanol–water partition coefficient (Wildman–Crippen LogP) is 1.75. The Morgan fingerprint density at radius 1 is 1.58 bits per heavy atom. The molecule has 1 fully saturated rings. The maximum atomic E-state index is 11.9. The van der Waals surface area contributed by atoms with Crippen molar-refractivity contribution in [1.29, 1.82) is 0 Å². The van der Waals surface area contributed by atoms with Gasteiger partial charge < -0.3 is 10.4 Å². The van der Waals surface area contributed by atoms with E-state index in [1.165, 1.54) is 18.2 Å². The molecule has 1 aliphatic carbocycles. The third-order valence-corrected chi connectivity index (χ3v) is 3.36. The summed E-state index contributed by atoms with van der Waals surface area (Å²) in [5.41, 5.74) is -0.511. The van der Waals surface area contributed by atoms with Crippen molar-refractivity contribution in [3.63, 3.8) is 0 Å². The molecule has 1 saturated carbocycles. The highest BCUT2D eigenvalue weighted by molar-refractivity contribution is 6.33. The Kier molecular flexibility index (Phi) is 4.01. The largest absolute Gasteiger partial charge is 0.391 e. The summed E-state index contributed by atoms with van der Waals surface area (Å²) in [4.78, 5) is 22.1. The van der Waals surface area contributed by atoms with Gasteiger partial charge in [0.25, 0.3) is 5.91 Å². The molecule has 0 saturated heterocycles. The molecule has 1 amide bonds. The Morgan fingerprint density at radius 3 is 2.84 bits per heavy atom. The molecule has 6 nitrogen and oxygen atoms in total. The summed E-state index contributed by atoms with van der Waals surface area (Å²) in [5.74, 6) is -0.372. The van der Waals surface area contributed by atoms with E-state index in [0.717, 1.165) is 12.8 Å². The molecule has 0 bridgehead atoms. The van der Waals surface area contributed by atoms with Crippen LogP contribution in [-0.2, 0) is 0 Å². The van der Waals surface area contributed by atoms with Gasteiger partial charge in [0.05, 0.1) is 11.0 Å². The van der Waals surface area contributed by atoms with Crippen molar-refractivity contribution in [2.75, 3.05) is 6.54 Å². The molecular formula is C12H13ClN2O4. The second kappa shape index (κ2) is 5.54. The van der Waals surface area contributed by atoms with Crippen LogP contribution in [0.4, 0.5) is 5.69 Å². The van der Waals surface area contributed by atoms with Gasteiger partial charge in [-0.05, 0) is 30.9 Å². The van der Waals surface area contributed by atoms with Crippen molar-refractivity contribution in [2.45, 2.75) is 18.9 Å². The number of benzene rings is 1. The first-order chi connectivity index (χ1) is 9.00. The summed E-state index contributed by atoms with van der Waals surface area (Å²) in [7, 11) is 0. The third-order valence-electron chi connectivity index (χ3n) is 3.05. The molecule has 0 aromatic heterocycles. The van der Waals surface area contributed by atoms with Crippen molar-refractivity contribution in [2.24, 2.45) is 5.92 Å². The van der Waals surface area contributed by atoms with Crippen LogP contribution in [0, 0.1) is 16.0 Å². The molecule has 7 heteroatoms. The van der Waals surface area contributed by atoms with E-state index in [-0.39, 0.29) is 23.0 Å². The van der Waals surface area contributed by atoms with Crippen LogP contribution in [0.5, 0.6) is 0 Å². The summed E-state index contributed by atoms with van der Waals surface area (Å²) in [6.45, 7) is 0.0904. The molecular weight excluding hydrogens is 272 g/mol. The molecule has 2 rings (SSSR count).